The van der Waals surface area contributed by atoms with Crippen LogP contribution in [0, 0.1) is 6.92 Å². The van der Waals surface area contributed by atoms with Gasteiger partial charge in [-0.2, -0.15) is 5.10 Å². The van der Waals surface area contributed by atoms with Crippen LogP contribution in [0.4, 0.5) is 0 Å². The normalized spacial score (nSPS) is 11.1. The molecule has 154 valence electrons. The number of aliphatic imine (C=N–C) groups is 1. The minimum absolute atomic E-state index is 0. The third-order valence-electron chi connectivity index (χ3n) is 4.41. The first-order valence-corrected chi connectivity index (χ1v) is 9.65. The molecule has 0 aliphatic rings. The second-order valence-electron chi connectivity index (χ2n) is 6.78. The summed E-state index contributed by atoms with van der Waals surface area (Å²) in [5.41, 5.74) is 4.44. The number of hydrogen-bond acceptors (Lipinski definition) is 3. The zero-order valence-corrected chi connectivity index (χ0v) is 19.6. The lowest BCUT2D eigenvalue weighted by Crippen LogP contribution is -2.38. The van der Waals surface area contributed by atoms with Crippen LogP contribution in [0.25, 0.3) is 5.69 Å². The molecular formula is C22H29IN6. The minimum Gasteiger partial charge on any atom is -0.357 e. The molecule has 1 N–H and O–H groups in total. The summed E-state index contributed by atoms with van der Waals surface area (Å²) in [7, 11) is 2.05. The maximum Gasteiger partial charge on any atom is 0.193 e. The highest BCUT2D eigenvalue weighted by atomic mass is 127. The van der Waals surface area contributed by atoms with E-state index in [4.69, 9.17) is 4.99 Å². The summed E-state index contributed by atoms with van der Waals surface area (Å²) >= 11 is 0. The van der Waals surface area contributed by atoms with E-state index in [9.17, 15) is 0 Å². The summed E-state index contributed by atoms with van der Waals surface area (Å²) in [4.78, 5) is 11.2. The zero-order chi connectivity index (χ0) is 19.8. The van der Waals surface area contributed by atoms with Gasteiger partial charge in [-0.1, -0.05) is 24.3 Å². The number of hydrogen-bond donors (Lipinski definition) is 1. The molecule has 0 atom stereocenters. The van der Waals surface area contributed by atoms with Crippen molar-refractivity contribution in [2.24, 2.45) is 4.99 Å². The van der Waals surface area contributed by atoms with Crippen LogP contribution in [0.3, 0.4) is 0 Å². The van der Waals surface area contributed by atoms with Crippen molar-refractivity contribution in [1.29, 1.82) is 0 Å². The van der Waals surface area contributed by atoms with Gasteiger partial charge in [0.2, 0.25) is 0 Å². The van der Waals surface area contributed by atoms with Gasteiger partial charge in [-0.05, 0) is 44.0 Å². The number of benzene rings is 1. The fourth-order valence-electron chi connectivity index (χ4n) is 2.92. The molecule has 0 bridgehead atoms. The number of pyridine rings is 1. The Morgan fingerprint density at radius 3 is 2.59 bits per heavy atom. The third-order valence-corrected chi connectivity index (χ3v) is 4.41. The zero-order valence-electron chi connectivity index (χ0n) is 17.2. The van der Waals surface area contributed by atoms with Gasteiger partial charge in [0.15, 0.2) is 5.96 Å². The minimum atomic E-state index is 0. The van der Waals surface area contributed by atoms with Gasteiger partial charge >= 0.3 is 0 Å². The van der Waals surface area contributed by atoms with E-state index in [2.05, 4.69) is 46.5 Å². The van der Waals surface area contributed by atoms with Crippen molar-refractivity contribution in [3.8, 4) is 5.69 Å². The van der Waals surface area contributed by atoms with E-state index in [1.807, 2.05) is 60.4 Å². The van der Waals surface area contributed by atoms with Crippen molar-refractivity contribution in [3.05, 3.63) is 77.9 Å². The van der Waals surface area contributed by atoms with Crippen LogP contribution in [0.15, 0.2) is 66.0 Å². The molecule has 2 aromatic heterocycles. The molecule has 3 rings (SSSR count). The van der Waals surface area contributed by atoms with Gasteiger partial charge in [0.1, 0.15) is 0 Å². The monoisotopic (exact) mass is 504 g/mol. The number of guanidine groups is 1. The number of nitrogens with zero attached hydrogens (tertiary/aromatic N) is 5. The summed E-state index contributed by atoms with van der Waals surface area (Å²) in [5, 5.41) is 7.85. The molecule has 0 aliphatic carbocycles. The number of aromatic nitrogens is 3. The van der Waals surface area contributed by atoms with Crippen LogP contribution in [0.5, 0.6) is 0 Å². The molecule has 1 aromatic carbocycles. The molecule has 0 spiro atoms. The molecular weight excluding hydrogens is 475 g/mol. The van der Waals surface area contributed by atoms with E-state index in [0.29, 0.717) is 0 Å². The van der Waals surface area contributed by atoms with Crippen LogP contribution < -0.4 is 5.32 Å². The quantitative estimate of drug-likeness (QED) is 0.302. The SMILES string of the molecule is CCNC(=NCCc1ccc(C)nc1)N(C)Cc1cnn(-c2ccccc2)c1.I. The molecule has 0 saturated carbocycles. The van der Waals surface area contributed by atoms with Crippen molar-refractivity contribution in [3.63, 3.8) is 0 Å². The molecule has 7 heteroatoms. The molecule has 0 unspecified atom stereocenters. The van der Waals surface area contributed by atoms with Gasteiger partial charge < -0.3 is 10.2 Å². The van der Waals surface area contributed by atoms with Crippen LogP contribution in [0.2, 0.25) is 0 Å². The molecule has 0 amide bonds. The molecule has 29 heavy (non-hydrogen) atoms. The number of nitrogens with one attached hydrogen (secondary N) is 1. The Bertz CT molecular complexity index is 889. The van der Waals surface area contributed by atoms with Gasteiger partial charge in [-0.15, -0.1) is 24.0 Å². The topological polar surface area (TPSA) is 58.3 Å². The highest BCUT2D eigenvalue weighted by molar-refractivity contribution is 14.0. The molecule has 0 saturated heterocycles. The lowest BCUT2D eigenvalue weighted by molar-refractivity contribution is 0.477. The average Bonchev–Trinajstić information content (AvgIpc) is 3.18. The Morgan fingerprint density at radius 2 is 1.90 bits per heavy atom. The van der Waals surface area contributed by atoms with E-state index in [1.54, 1.807) is 0 Å². The lowest BCUT2D eigenvalue weighted by atomic mass is 10.2. The van der Waals surface area contributed by atoms with Crippen molar-refractivity contribution in [2.75, 3.05) is 20.1 Å². The Labute approximate surface area is 190 Å². The van der Waals surface area contributed by atoms with Gasteiger partial charge in [-0.25, -0.2) is 4.68 Å². The summed E-state index contributed by atoms with van der Waals surface area (Å²) in [5.74, 6) is 0.898. The maximum atomic E-state index is 4.77. The Hall–Kier alpha value is -2.42. The van der Waals surface area contributed by atoms with Gasteiger partial charge in [0, 0.05) is 50.3 Å². The third kappa shape index (κ3) is 6.85. The average molecular weight is 504 g/mol. The van der Waals surface area contributed by atoms with Gasteiger partial charge in [0.05, 0.1) is 11.9 Å². The molecule has 3 aromatic rings. The van der Waals surface area contributed by atoms with Gasteiger partial charge in [-0.3, -0.25) is 9.98 Å². The fourth-order valence-corrected chi connectivity index (χ4v) is 2.92. The molecule has 6 nitrogen and oxygen atoms in total. The second kappa shape index (κ2) is 11.5. The Morgan fingerprint density at radius 1 is 1.10 bits per heavy atom. The summed E-state index contributed by atoms with van der Waals surface area (Å²) < 4.78 is 1.90. The predicted molar refractivity (Wildman–Crippen MR) is 129 cm³/mol. The second-order valence-corrected chi connectivity index (χ2v) is 6.78. The van der Waals surface area contributed by atoms with Crippen LogP contribution in [-0.4, -0.2) is 45.8 Å². The number of halogens is 1. The first kappa shape index (κ1) is 22.9. The number of para-hydroxylation sites is 1. The highest BCUT2D eigenvalue weighted by Gasteiger charge is 2.09. The highest BCUT2D eigenvalue weighted by Crippen LogP contribution is 2.09. The lowest BCUT2D eigenvalue weighted by Gasteiger charge is -2.21. The Kier molecular flexibility index (Phi) is 9.11. The van der Waals surface area contributed by atoms with E-state index in [1.165, 1.54) is 5.56 Å². The molecule has 0 fully saturated rings. The number of aryl methyl sites for hydroxylation is 1. The van der Waals surface area contributed by atoms with Crippen LogP contribution in [0.1, 0.15) is 23.7 Å². The summed E-state index contributed by atoms with van der Waals surface area (Å²) in [6.45, 7) is 6.38. The van der Waals surface area contributed by atoms with E-state index >= 15 is 0 Å². The Balaban J connectivity index is 0.00000300. The van der Waals surface area contributed by atoms with E-state index in [-0.39, 0.29) is 24.0 Å². The maximum absolute atomic E-state index is 4.77. The first-order valence-electron chi connectivity index (χ1n) is 9.65. The van der Waals surface area contributed by atoms with Crippen molar-refractivity contribution in [1.82, 2.24) is 25.0 Å². The van der Waals surface area contributed by atoms with Crippen molar-refractivity contribution in [2.45, 2.75) is 26.8 Å². The molecule has 0 radical (unpaired) electrons. The number of rotatable bonds is 7. The van der Waals surface area contributed by atoms with E-state index in [0.717, 1.165) is 49.0 Å². The van der Waals surface area contributed by atoms with Crippen molar-refractivity contribution < 1.29 is 0 Å². The standard InChI is InChI=1S/C22H28N6.HI/c1-4-23-22(24-13-12-19-11-10-18(2)25-14-19)27(3)16-20-15-26-28(17-20)21-8-6-5-7-9-21;/h5-11,14-15,17H,4,12-13,16H2,1-3H3,(H,23,24);1H. The van der Waals surface area contributed by atoms with Gasteiger partial charge in [0.25, 0.3) is 0 Å². The molecule has 0 aliphatic heterocycles. The largest absolute Gasteiger partial charge is 0.357 e. The van der Waals surface area contributed by atoms with Crippen molar-refractivity contribution >= 4 is 29.9 Å². The fraction of sp³-hybridized carbons (Fsp3) is 0.318. The van der Waals surface area contributed by atoms with Crippen LogP contribution >= 0.6 is 24.0 Å². The van der Waals surface area contributed by atoms with E-state index < -0.39 is 0 Å². The summed E-state index contributed by atoms with van der Waals surface area (Å²) in [6.07, 6.45) is 6.78. The first-order chi connectivity index (χ1) is 13.7. The molecule has 2 heterocycles. The summed E-state index contributed by atoms with van der Waals surface area (Å²) in [6, 6.07) is 14.3. The predicted octanol–water partition coefficient (Wildman–Crippen LogP) is 3.83. The van der Waals surface area contributed by atoms with Crippen LogP contribution in [-0.2, 0) is 13.0 Å². The smallest absolute Gasteiger partial charge is 0.193 e.